The highest BCUT2D eigenvalue weighted by molar-refractivity contribution is 5.75. The van der Waals surface area contributed by atoms with E-state index in [-0.39, 0.29) is 12.5 Å². The maximum Gasteiger partial charge on any atom is 0.244 e. The van der Waals surface area contributed by atoms with Gasteiger partial charge in [-0.15, -0.1) is 5.10 Å². The number of carbonyl (C=O) groups excluding carboxylic acids is 1. The van der Waals surface area contributed by atoms with Crippen molar-refractivity contribution in [1.29, 1.82) is 0 Å². The molecular formula is C12H21N5O. The molecule has 1 saturated heterocycles. The van der Waals surface area contributed by atoms with Crippen LogP contribution in [0.15, 0.2) is 12.4 Å². The molecule has 2 rings (SSSR count). The summed E-state index contributed by atoms with van der Waals surface area (Å²) in [6, 6.07) is 0.443. The highest BCUT2D eigenvalue weighted by atomic mass is 16.2. The van der Waals surface area contributed by atoms with Gasteiger partial charge in [0.15, 0.2) is 0 Å². The van der Waals surface area contributed by atoms with Crippen molar-refractivity contribution in [3.8, 4) is 0 Å². The Labute approximate surface area is 107 Å². The van der Waals surface area contributed by atoms with Crippen LogP contribution >= 0.6 is 0 Å². The molecule has 0 aliphatic carbocycles. The van der Waals surface area contributed by atoms with Gasteiger partial charge in [0.25, 0.3) is 0 Å². The van der Waals surface area contributed by atoms with Crippen LogP contribution in [0.2, 0.25) is 0 Å². The lowest BCUT2D eigenvalue weighted by molar-refractivity contribution is -0.132. The lowest BCUT2D eigenvalue weighted by Crippen LogP contribution is -2.46. The molecule has 1 aromatic rings. The third kappa shape index (κ3) is 3.53. The third-order valence-corrected chi connectivity index (χ3v) is 3.36. The summed E-state index contributed by atoms with van der Waals surface area (Å²) < 4.78 is 1.57. The Kier molecular flexibility index (Phi) is 4.69. The molecule has 0 saturated carbocycles. The normalized spacial score (nSPS) is 19.7. The summed E-state index contributed by atoms with van der Waals surface area (Å²) in [5.74, 6) is 0.107. The summed E-state index contributed by atoms with van der Waals surface area (Å²) in [5, 5.41) is 11.0. The van der Waals surface area contributed by atoms with Gasteiger partial charge in [0, 0.05) is 25.3 Å². The molecule has 1 fully saturated rings. The Morgan fingerprint density at radius 3 is 3.06 bits per heavy atom. The molecule has 0 aromatic carbocycles. The molecule has 1 amide bonds. The predicted octanol–water partition coefficient (Wildman–Crippen LogP) is 0.269. The summed E-state index contributed by atoms with van der Waals surface area (Å²) in [6.07, 6.45) is 6.96. The zero-order valence-electron chi connectivity index (χ0n) is 10.9. The zero-order valence-corrected chi connectivity index (χ0v) is 10.9. The van der Waals surface area contributed by atoms with Gasteiger partial charge in [0.05, 0.1) is 6.20 Å². The molecule has 1 unspecified atom stereocenters. The second-order valence-corrected chi connectivity index (χ2v) is 4.68. The van der Waals surface area contributed by atoms with Crippen molar-refractivity contribution in [3.63, 3.8) is 0 Å². The number of piperidine rings is 1. The second kappa shape index (κ2) is 6.49. The number of carbonyl (C=O) groups is 1. The number of nitrogens with one attached hydrogen (secondary N) is 1. The minimum Gasteiger partial charge on any atom is -0.340 e. The molecular weight excluding hydrogens is 230 g/mol. The maximum absolute atomic E-state index is 12.1. The van der Waals surface area contributed by atoms with Crippen molar-refractivity contribution in [1.82, 2.24) is 25.2 Å². The van der Waals surface area contributed by atoms with Crippen LogP contribution in [-0.4, -0.2) is 51.5 Å². The van der Waals surface area contributed by atoms with Crippen LogP contribution in [0.5, 0.6) is 0 Å². The molecule has 1 atom stereocenters. The number of amides is 1. The van der Waals surface area contributed by atoms with Gasteiger partial charge in [-0.1, -0.05) is 11.6 Å². The first-order chi connectivity index (χ1) is 8.79. The van der Waals surface area contributed by atoms with Crippen LogP contribution in [0.25, 0.3) is 0 Å². The standard InChI is InChI=1S/C12H21N5O/c1-2-16(9-11-5-3-4-6-13-11)12(18)10-17-8-7-14-15-17/h7-8,11,13H,2-6,9-10H2,1H3. The highest BCUT2D eigenvalue weighted by Gasteiger charge is 2.19. The van der Waals surface area contributed by atoms with Crippen molar-refractivity contribution in [3.05, 3.63) is 12.4 Å². The largest absolute Gasteiger partial charge is 0.340 e. The van der Waals surface area contributed by atoms with Crippen LogP contribution in [0.3, 0.4) is 0 Å². The number of hydrogen-bond acceptors (Lipinski definition) is 4. The molecule has 1 N–H and O–H groups in total. The Bertz CT molecular complexity index is 359. The van der Waals surface area contributed by atoms with E-state index in [0.717, 1.165) is 26.1 Å². The van der Waals surface area contributed by atoms with E-state index in [4.69, 9.17) is 0 Å². The fourth-order valence-corrected chi connectivity index (χ4v) is 2.31. The average molecular weight is 251 g/mol. The summed E-state index contributed by atoms with van der Waals surface area (Å²) in [6.45, 7) is 4.90. The Morgan fingerprint density at radius 1 is 1.56 bits per heavy atom. The lowest BCUT2D eigenvalue weighted by Gasteiger charge is -2.30. The summed E-state index contributed by atoms with van der Waals surface area (Å²) >= 11 is 0. The average Bonchev–Trinajstić information content (AvgIpc) is 2.90. The third-order valence-electron chi connectivity index (χ3n) is 3.36. The van der Waals surface area contributed by atoms with Gasteiger partial charge in [-0.25, -0.2) is 4.68 Å². The first-order valence-corrected chi connectivity index (χ1v) is 6.65. The molecule has 1 aliphatic rings. The molecule has 0 spiro atoms. The molecule has 18 heavy (non-hydrogen) atoms. The molecule has 6 nitrogen and oxygen atoms in total. The van der Waals surface area contributed by atoms with E-state index in [1.54, 1.807) is 17.1 Å². The van der Waals surface area contributed by atoms with E-state index in [9.17, 15) is 4.79 Å². The molecule has 100 valence electrons. The Morgan fingerprint density at radius 2 is 2.44 bits per heavy atom. The van der Waals surface area contributed by atoms with Crippen LogP contribution in [0.1, 0.15) is 26.2 Å². The number of aromatic nitrogens is 3. The van der Waals surface area contributed by atoms with Crippen LogP contribution in [0, 0.1) is 0 Å². The van der Waals surface area contributed by atoms with Crippen LogP contribution < -0.4 is 5.32 Å². The van der Waals surface area contributed by atoms with Crippen molar-refractivity contribution in [2.24, 2.45) is 0 Å². The van der Waals surface area contributed by atoms with E-state index < -0.39 is 0 Å². The number of likely N-dealkylation sites (N-methyl/N-ethyl adjacent to an activating group) is 1. The quantitative estimate of drug-likeness (QED) is 0.816. The molecule has 6 heteroatoms. The molecule has 1 aromatic heterocycles. The fraction of sp³-hybridized carbons (Fsp3) is 0.750. The van der Waals surface area contributed by atoms with E-state index in [1.807, 2.05) is 11.8 Å². The molecule has 1 aliphatic heterocycles. The van der Waals surface area contributed by atoms with Crippen molar-refractivity contribution in [2.75, 3.05) is 19.6 Å². The van der Waals surface area contributed by atoms with Gasteiger partial charge < -0.3 is 10.2 Å². The summed E-state index contributed by atoms with van der Waals surface area (Å²) in [7, 11) is 0. The number of nitrogens with zero attached hydrogens (tertiary/aromatic N) is 4. The van der Waals surface area contributed by atoms with E-state index >= 15 is 0 Å². The maximum atomic E-state index is 12.1. The Balaban J connectivity index is 1.85. The van der Waals surface area contributed by atoms with Gasteiger partial charge in [-0.2, -0.15) is 0 Å². The minimum atomic E-state index is 0.107. The second-order valence-electron chi connectivity index (χ2n) is 4.68. The highest BCUT2D eigenvalue weighted by Crippen LogP contribution is 2.08. The molecule has 0 radical (unpaired) electrons. The first-order valence-electron chi connectivity index (χ1n) is 6.65. The van der Waals surface area contributed by atoms with Crippen LogP contribution in [-0.2, 0) is 11.3 Å². The van der Waals surface area contributed by atoms with Gasteiger partial charge in [-0.3, -0.25) is 4.79 Å². The minimum absolute atomic E-state index is 0.107. The van der Waals surface area contributed by atoms with Gasteiger partial charge in [0.1, 0.15) is 6.54 Å². The smallest absolute Gasteiger partial charge is 0.244 e. The van der Waals surface area contributed by atoms with E-state index in [1.165, 1.54) is 12.8 Å². The zero-order chi connectivity index (χ0) is 12.8. The monoisotopic (exact) mass is 251 g/mol. The number of rotatable bonds is 5. The SMILES string of the molecule is CCN(CC1CCCCN1)C(=O)Cn1ccnn1. The van der Waals surface area contributed by atoms with Crippen molar-refractivity contribution < 1.29 is 4.79 Å². The Hall–Kier alpha value is -1.43. The first kappa shape index (κ1) is 13.0. The van der Waals surface area contributed by atoms with Crippen molar-refractivity contribution >= 4 is 5.91 Å². The molecule has 2 heterocycles. The van der Waals surface area contributed by atoms with E-state index in [2.05, 4.69) is 15.6 Å². The topological polar surface area (TPSA) is 63.1 Å². The van der Waals surface area contributed by atoms with Crippen LogP contribution in [0.4, 0.5) is 0 Å². The summed E-state index contributed by atoms with van der Waals surface area (Å²) in [4.78, 5) is 14.0. The number of hydrogen-bond donors (Lipinski definition) is 1. The van der Waals surface area contributed by atoms with Gasteiger partial charge in [-0.05, 0) is 26.3 Å². The summed E-state index contributed by atoms with van der Waals surface area (Å²) in [5.41, 5.74) is 0. The predicted molar refractivity (Wildman–Crippen MR) is 67.9 cm³/mol. The molecule has 0 bridgehead atoms. The fourth-order valence-electron chi connectivity index (χ4n) is 2.31. The van der Waals surface area contributed by atoms with Gasteiger partial charge >= 0.3 is 0 Å². The van der Waals surface area contributed by atoms with Gasteiger partial charge in [0.2, 0.25) is 5.91 Å². The van der Waals surface area contributed by atoms with Crippen molar-refractivity contribution in [2.45, 2.75) is 38.8 Å². The van der Waals surface area contributed by atoms with E-state index in [0.29, 0.717) is 6.04 Å². The lowest BCUT2D eigenvalue weighted by atomic mass is 10.0.